The van der Waals surface area contributed by atoms with Gasteiger partial charge in [-0.2, -0.15) is 25.6 Å². The molecule has 352 valence electrons. The van der Waals surface area contributed by atoms with Gasteiger partial charge >= 0.3 is 49.1 Å². The van der Waals surface area contributed by atoms with Crippen LogP contribution in [0.1, 0.15) is 0 Å². The van der Waals surface area contributed by atoms with E-state index >= 15 is 0 Å². The number of aromatic amines is 2. The molecule has 0 fully saturated rings. The van der Waals surface area contributed by atoms with Crippen molar-refractivity contribution in [2.24, 2.45) is 8.80 Å². The molecule has 0 saturated carbocycles. The predicted molar refractivity (Wildman–Crippen MR) is 260 cm³/mol. The van der Waals surface area contributed by atoms with Crippen LogP contribution < -0.4 is 54.0 Å². The maximum atomic E-state index is 14.1. The number of nitrogens with one attached hydrogen (secondary N) is 6. The van der Waals surface area contributed by atoms with E-state index in [9.17, 15) is 55.0 Å². The van der Waals surface area contributed by atoms with Crippen molar-refractivity contribution in [3.05, 3.63) is 159 Å². The van der Waals surface area contributed by atoms with Crippen LogP contribution >= 0.6 is 45.9 Å². The van der Waals surface area contributed by atoms with Gasteiger partial charge in [0.05, 0.1) is 65.3 Å². The fraction of sp³-hybridized carbons (Fsp3) is 0.0500. The number of halogens is 4. The van der Waals surface area contributed by atoms with Gasteiger partial charge in [0.15, 0.2) is 0 Å². The molecule has 29 heteroatoms. The van der Waals surface area contributed by atoms with E-state index in [-0.39, 0.29) is 111 Å². The maximum Gasteiger partial charge on any atom is 2.00 e. The summed E-state index contributed by atoms with van der Waals surface area (Å²) in [5.74, 6) is -1.32. The molecule has 0 aliphatic heterocycles. The molecule has 0 radical (unpaired) electrons. The Bertz CT molecular complexity index is 3580. The topological polar surface area (TPSA) is 297 Å². The molecule has 0 amide bonds. The second-order valence-corrected chi connectivity index (χ2v) is 20.7. The van der Waals surface area contributed by atoms with E-state index in [0.717, 1.165) is 43.9 Å². The molecule has 8 aromatic rings. The summed E-state index contributed by atoms with van der Waals surface area (Å²) in [6.45, 7) is 0. The van der Waals surface area contributed by atoms with Crippen LogP contribution in [0.3, 0.4) is 0 Å². The number of anilines is 4. The van der Waals surface area contributed by atoms with E-state index < -0.39 is 66.2 Å². The third-order valence-corrected chi connectivity index (χ3v) is 15.2. The van der Waals surface area contributed by atoms with Crippen molar-refractivity contribution in [1.29, 1.82) is 0 Å². The zero-order chi connectivity index (χ0) is 49.2. The summed E-state index contributed by atoms with van der Waals surface area (Å²) in [5, 5.41) is 33.9. The Labute approximate surface area is 434 Å². The Hall–Kier alpha value is -6.10. The number of fused-ring (bicyclic) bond motifs is 2. The Morgan fingerprint density at radius 3 is 1.25 bits per heavy atom. The molecule has 0 atom stereocenters. The van der Waals surface area contributed by atoms with Gasteiger partial charge in [-0.25, -0.2) is 27.5 Å². The molecule has 0 aliphatic rings. The fourth-order valence-corrected chi connectivity index (χ4v) is 10.8. The van der Waals surface area contributed by atoms with Crippen LogP contribution in [0.25, 0.3) is 33.2 Å². The number of aromatic nitrogens is 4. The summed E-state index contributed by atoms with van der Waals surface area (Å²) in [7, 11) is -5.45. The molecule has 4 heterocycles. The molecule has 6 N–H and O–H groups in total. The van der Waals surface area contributed by atoms with Gasteiger partial charge in [-0.1, -0.05) is 23.2 Å². The summed E-state index contributed by atoms with van der Waals surface area (Å²) in [6.07, 6.45) is 0. The second kappa shape index (κ2) is 21.3. The zero-order valence-electron chi connectivity index (χ0n) is 35.0. The summed E-state index contributed by atoms with van der Waals surface area (Å²) in [5.41, 5.74) is -1.82. The number of rotatable bonds is 10. The number of hydrogen-bond acceptors (Lipinski definition) is 14. The van der Waals surface area contributed by atoms with Gasteiger partial charge < -0.3 is 41.4 Å². The second-order valence-electron chi connectivity index (χ2n) is 13.6. The normalized spacial score (nSPS) is 12.0. The van der Waals surface area contributed by atoms with Crippen molar-refractivity contribution in [2.75, 3.05) is 35.4 Å². The molecule has 0 bridgehead atoms. The molecule has 20 nitrogen and oxygen atoms in total. The smallest absolute Gasteiger partial charge is 0.845 e. The molecule has 4 aromatic carbocycles. The number of amidine groups is 2. The Morgan fingerprint density at radius 2 is 0.942 bits per heavy atom. The first kappa shape index (κ1) is 52.3. The quantitative estimate of drug-likeness (QED) is 0.0646. The van der Waals surface area contributed by atoms with Gasteiger partial charge in [0, 0.05) is 25.5 Å². The van der Waals surface area contributed by atoms with Gasteiger partial charge in [0.2, 0.25) is 0 Å². The molecule has 0 aliphatic carbocycles. The van der Waals surface area contributed by atoms with Crippen LogP contribution in [-0.4, -0.2) is 99.8 Å². The maximum absolute atomic E-state index is 14.1. The minimum Gasteiger partial charge on any atom is -0.845 e. The van der Waals surface area contributed by atoms with Crippen LogP contribution in [0.4, 0.5) is 31.5 Å². The van der Waals surface area contributed by atoms with Gasteiger partial charge in [0.1, 0.15) is 20.1 Å². The average Bonchev–Trinajstić information content (AvgIpc) is 3.94. The van der Waals surface area contributed by atoms with Crippen LogP contribution in [0.2, 0.25) is 8.67 Å². The zero-order valence-corrected chi connectivity index (χ0v) is 41.9. The largest absolute Gasteiger partial charge is 2.00 e. The van der Waals surface area contributed by atoms with Crippen molar-refractivity contribution >= 4 is 160 Å². The molecular formula is C40H28CaCl2F2N10O10S4. The number of hydrogen-bond donors (Lipinski definition) is 6. The molecule has 0 spiro atoms. The van der Waals surface area contributed by atoms with E-state index in [4.69, 9.17) is 23.2 Å². The van der Waals surface area contributed by atoms with Crippen molar-refractivity contribution in [2.45, 2.75) is 8.42 Å². The van der Waals surface area contributed by atoms with Crippen LogP contribution in [0.15, 0.2) is 133 Å². The monoisotopic (exact) mass is 1080 g/mol. The third kappa shape index (κ3) is 11.7. The fourth-order valence-electron chi connectivity index (χ4n) is 6.19. The minimum absolute atomic E-state index is 0. The van der Waals surface area contributed by atoms with E-state index in [1.54, 1.807) is 0 Å². The molecular weight excluding hydrogens is 1060 g/mol. The number of thiophene rings is 2. The summed E-state index contributed by atoms with van der Waals surface area (Å²) in [4.78, 5) is 55.8. The number of H-pyrrole nitrogens is 2. The SMILES string of the molecule is CNc1cc2[nH]c(=O)n(-c3ccc(N/C([O-])=N\S(=O)(=O)c4ccc(Cl)s4)cc3)c(=O)c2cc1F.CNc1cc2[nH]c(=O)n(-c3ccc(N/C([O-])=N\S(=O)(=O)c4ccc(Cl)s4)cc3)c(=O)c2cc1F.[Ca+2]. The van der Waals surface area contributed by atoms with Crippen molar-refractivity contribution in [3.63, 3.8) is 0 Å². The third-order valence-electron chi connectivity index (χ3n) is 9.27. The first-order valence-electron chi connectivity index (χ1n) is 18.8. The Kier molecular flexibility index (Phi) is 16.1. The van der Waals surface area contributed by atoms with E-state index in [1.807, 2.05) is 0 Å². The summed E-state index contributed by atoms with van der Waals surface area (Å²) < 4.78 is 84.9. The van der Waals surface area contributed by atoms with Crippen molar-refractivity contribution in [3.8, 4) is 11.4 Å². The van der Waals surface area contributed by atoms with Gasteiger partial charge in [0.25, 0.3) is 31.2 Å². The van der Waals surface area contributed by atoms with Gasteiger partial charge in [-0.05, 0) is 97.1 Å². The molecule has 0 saturated heterocycles. The average molecular weight is 1090 g/mol. The van der Waals surface area contributed by atoms with E-state index in [2.05, 4.69) is 40.0 Å². The van der Waals surface area contributed by atoms with Crippen LogP contribution in [0.5, 0.6) is 0 Å². The first-order chi connectivity index (χ1) is 32.2. The summed E-state index contributed by atoms with van der Waals surface area (Å²) >= 11 is 13.0. The first-order valence-corrected chi connectivity index (χ1v) is 24.1. The number of nitrogens with zero attached hydrogens (tertiary/aromatic N) is 4. The van der Waals surface area contributed by atoms with Gasteiger partial charge in [-0.3, -0.25) is 9.59 Å². The van der Waals surface area contributed by atoms with E-state index in [0.29, 0.717) is 0 Å². The summed E-state index contributed by atoms with van der Waals surface area (Å²) in [6, 6.07) is 18.4. The van der Waals surface area contributed by atoms with Crippen molar-refractivity contribution < 1.29 is 35.8 Å². The molecule has 4 aromatic heterocycles. The molecule has 8 rings (SSSR count). The predicted octanol–water partition coefficient (Wildman–Crippen LogP) is 3.80. The van der Waals surface area contributed by atoms with Crippen LogP contribution in [-0.2, 0) is 20.0 Å². The molecule has 69 heavy (non-hydrogen) atoms. The molecule has 0 unspecified atom stereocenters. The number of sulfonamides is 2. The van der Waals surface area contributed by atoms with Crippen molar-refractivity contribution in [1.82, 2.24) is 19.1 Å². The Balaban J connectivity index is 0.000000224. The number of benzene rings is 4. The van der Waals surface area contributed by atoms with Gasteiger partial charge in [-0.15, -0.1) is 22.7 Å². The Morgan fingerprint density at radius 1 is 0.594 bits per heavy atom. The van der Waals surface area contributed by atoms with Crippen LogP contribution in [0, 0.1) is 11.6 Å². The standard InChI is InChI=1S/2C20H15ClFN5O5S2.Ca/c2*1-23-15-9-14-12(8-13(15)22)18(28)27(20(30)25-14)11-4-2-10(3-5-11)24-19(29)26-34(31,32)17-7-6-16(21)33-17;/h2*2-9,23H,1H3,(H,25,30)(H2,24,26,29);/q;;+2/p-2. The minimum atomic E-state index is -4.23. The van der Waals surface area contributed by atoms with E-state index in [1.165, 1.54) is 99.0 Å².